The molecule has 0 fully saturated rings. The van der Waals surface area contributed by atoms with Crippen LogP contribution in [0.25, 0.3) is 0 Å². The van der Waals surface area contributed by atoms with Gasteiger partial charge >= 0.3 is 0 Å². The first-order valence-corrected chi connectivity index (χ1v) is 12.8. The zero-order chi connectivity index (χ0) is 26.8. The van der Waals surface area contributed by atoms with E-state index in [1.807, 2.05) is 36.6 Å². The molecule has 0 spiro atoms. The SMILES string of the molecule is CCc1ccc(C(C#N)NC(=O)c2cn(CCN=C(SC)c3ccc(OC)c(OC)c3OC)nn2)cc1. The van der Waals surface area contributed by atoms with Gasteiger partial charge in [0.25, 0.3) is 5.91 Å². The van der Waals surface area contributed by atoms with Gasteiger partial charge in [-0.2, -0.15) is 5.26 Å². The molecule has 3 rings (SSSR count). The van der Waals surface area contributed by atoms with E-state index in [0.717, 1.165) is 22.6 Å². The number of hydrogen-bond donors (Lipinski definition) is 1. The molecule has 37 heavy (non-hydrogen) atoms. The van der Waals surface area contributed by atoms with Crippen molar-refractivity contribution < 1.29 is 19.0 Å². The van der Waals surface area contributed by atoms with Gasteiger partial charge in [0.05, 0.1) is 52.2 Å². The number of amides is 1. The molecule has 1 heterocycles. The Bertz CT molecular complexity index is 1280. The number of carbonyl (C=O) groups excluding carboxylic acids is 1. The number of aliphatic imine (C=N–C) groups is 1. The predicted octanol–water partition coefficient (Wildman–Crippen LogP) is 3.67. The van der Waals surface area contributed by atoms with Crippen molar-refractivity contribution in [2.45, 2.75) is 25.9 Å². The number of aromatic nitrogens is 3. The molecule has 1 amide bonds. The Balaban J connectivity index is 1.68. The molecule has 1 aromatic heterocycles. The van der Waals surface area contributed by atoms with Crippen LogP contribution in [0.3, 0.4) is 0 Å². The number of ether oxygens (including phenoxy) is 3. The molecule has 0 saturated heterocycles. The number of nitrogens with zero attached hydrogens (tertiary/aromatic N) is 5. The van der Waals surface area contributed by atoms with Gasteiger partial charge in [-0.3, -0.25) is 9.79 Å². The van der Waals surface area contributed by atoms with Crippen LogP contribution < -0.4 is 19.5 Å². The number of methoxy groups -OCH3 is 3. The summed E-state index contributed by atoms with van der Waals surface area (Å²) in [4.78, 5) is 17.4. The van der Waals surface area contributed by atoms with Crippen LogP contribution in [0.15, 0.2) is 47.6 Å². The van der Waals surface area contributed by atoms with Crippen LogP contribution in [-0.4, -0.2) is 60.1 Å². The largest absolute Gasteiger partial charge is 0.493 e. The lowest BCUT2D eigenvalue weighted by molar-refractivity contribution is 0.0940. The summed E-state index contributed by atoms with van der Waals surface area (Å²) in [5.74, 6) is 1.12. The number of hydrogen-bond acceptors (Lipinski definition) is 9. The highest BCUT2D eigenvalue weighted by Crippen LogP contribution is 2.41. The van der Waals surface area contributed by atoms with Gasteiger partial charge in [-0.25, -0.2) is 4.68 Å². The van der Waals surface area contributed by atoms with Crippen molar-refractivity contribution in [3.63, 3.8) is 0 Å². The molecule has 1 N–H and O–H groups in total. The first-order chi connectivity index (χ1) is 18.0. The zero-order valence-corrected chi connectivity index (χ0v) is 22.3. The Morgan fingerprint density at radius 1 is 1.14 bits per heavy atom. The van der Waals surface area contributed by atoms with E-state index in [-0.39, 0.29) is 5.69 Å². The third kappa shape index (κ3) is 6.59. The molecular formula is C26H30N6O4S. The van der Waals surface area contributed by atoms with E-state index >= 15 is 0 Å². The second-order valence-corrected chi connectivity index (χ2v) is 8.57. The van der Waals surface area contributed by atoms with Crippen molar-refractivity contribution in [2.24, 2.45) is 4.99 Å². The van der Waals surface area contributed by atoms with Gasteiger partial charge in [0, 0.05) is 0 Å². The maximum Gasteiger partial charge on any atom is 0.274 e. The molecule has 194 valence electrons. The lowest BCUT2D eigenvalue weighted by atomic mass is 10.0. The standard InChI is InChI=1S/C26H30N6O4S/c1-6-17-7-9-18(10-8-17)20(15-27)29-25(33)21-16-32(31-30-21)14-13-28-26(37-5)19-11-12-22(34-2)24(36-4)23(19)35-3/h7-12,16,20H,6,13-14H2,1-5H3,(H,29,33). The second-order valence-electron chi connectivity index (χ2n) is 7.77. The first-order valence-electron chi connectivity index (χ1n) is 11.6. The Kier molecular flexibility index (Phi) is 9.92. The number of nitrogens with one attached hydrogen (secondary N) is 1. The molecule has 1 atom stereocenters. The molecule has 0 radical (unpaired) electrons. The van der Waals surface area contributed by atoms with E-state index in [2.05, 4.69) is 33.6 Å². The summed E-state index contributed by atoms with van der Waals surface area (Å²) in [7, 11) is 4.69. The number of carbonyl (C=O) groups is 1. The lowest BCUT2D eigenvalue weighted by Gasteiger charge is -2.16. The summed E-state index contributed by atoms with van der Waals surface area (Å²) in [5, 5.41) is 21.0. The Morgan fingerprint density at radius 2 is 1.86 bits per heavy atom. The smallest absolute Gasteiger partial charge is 0.274 e. The van der Waals surface area contributed by atoms with E-state index in [4.69, 9.17) is 14.2 Å². The number of thioether (sulfide) groups is 1. The molecule has 3 aromatic rings. The summed E-state index contributed by atoms with van der Waals surface area (Å²) in [6.07, 6.45) is 4.36. The predicted molar refractivity (Wildman–Crippen MR) is 143 cm³/mol. The maximum absolute atomic E-state index is 12.7. The molecule has 11 heteroatoms. The fraction of sp³-hybridized carbons (Fsp3) is 0.346. The Hall–Kier alpha value is -4.04. The molecule has 0 aliphatic heterocycles. The van der Waals surface area contributed by atoms with Gasteiger partial charge in [0.2, 0.25) is 5.75 Å². The average molecular weight is 523 g/mol. The van der Waals surface area contributed by atoms with Gasteiger partial charge in [-0.15, -0.1) is 16.9 Å². The van der Waals surface area contributed by atoms with Crippen LogP contribution in [0.4, 0.5) is 0 Å². The van der Waals surface area contributed by atoms with Gasteiger partial charge in [-0.1, -0.05) is 36.4 Å². The minimum absolute atomic E-state index is 0.126. The Morgan fingerprint density at radius 3 is 2.46 bits per heavy atom. The highest BCUT2D eigenvalue weighted by atomic mass is 32.2. The molecule has 0 bridgehead atoms. The zero-order valence-electron chi connectivity index (χ0n) is 21.5. The number of benzene rings is 2. The van der Waals surface area contributed by atoms with Gasteiger partial charge in [0.1, 0.15) is 11.1 Å². The van der Waals surface area contributed by atoms with Crippen LogP contribution in [0.2, 0.25) is 0 Å². The van der Waals surface area contributed by atoms with E-state index in [9.17, 15) is 10.1 Å². The van der Waals surface area contributed by atoms with Crippen molar-refractivity contribution in [3.8, 4) is 23.3 Å². The van der Waals surface area contributed by atoms with Crippen molar-refractivity contribution in [1.82, 2.24) is 20.3 Å². The topological polar surface area (TPSA) is 124 Å². The highest BCUT2D eigenvalue weighted by molar-refractivity contribution is 8.13. The monoisotopic (exact) mass is 522 g/mol. The van der Waals surface area contributed by atoms with E-state index in [1.54, 1.807) is 32.1 Å². The third-order valence-corrected chi connectivity index (χ3v) is 6.35. The molecule has 0 aliphatic rings. The number of nitriles is 1. The number of aryl methyl sites for hydroxylation is 1. The third-order valence-electron chi connectivity index (χ3n) is 5.61. The van der Waals surface area contributed by atoms with Crippen LogP contribution in [0.5, 0.6) is 17.2 Å². The number of rotatable bonds is 11. The maximum atomic E-state index is 12.7. The molecule has 0 aliphatic carbocycles. The van der Waals surface area contributed by atoms with Crippen molar-refractivity contribution in [2.75, 3.05) is 34.1 Å². The minimum Gasteiger partial charge on any atom is -0.493 e. The summed E-state index contributed by atoms with van der Waals surface area (Å²) >= 11 is 1.47. The normalized spacial score (nSPS) is 11.9. The van der Waals surface area contributed by atoms with Crippen molar-refractivity contribution >= 4 is 22.7 Å². The summed E-state index contributed by atoms with van der Waals surface area (Å²) in [6.45, 7) is 2.85. The van der Waals surface area contributed by atoms with Crippen molar-refractivity contribution in [3.05, 3.63) is 65.0 Å². The van der Waals surface area contributed by atoms with Gasteiger partial charge < -0.3 is 19.5 Å². The van der Waals surface area contributed by atoms with Crippen molar-refractivity contribution in [1.29, 1.82) is 5.26 Å². The van der Waals surface area contributed by atoms with E-state index < -0.39 is 11.9 Å². The molecule has 10 nitrogen and oxygen atoms in total. The fourth-order valence-electron chi connectivity index (χ4n) is 3.64. The Labute approximate surface area is 220 Å². The molecule has 1 unspecified atom stereocenters. The van der Waals surface area contributed by atoms with E-state index in [0.29, 0.717) is 35.9 Å². The van der Waals surface area contributed by atoms with Gasteiger partial charge in [-0.05, 0) is 35.9 Å². The highest BCUT2D eigenvalue weighted by Gasteiger charge is 2.20. The van der Waals surface area contributed by atoms with Crippen LogP contribution in [0.1, 0.15) is 40.1 Å². The summed E-state index contributed by atoms with van der Waals surface area (Å²) < 4.78 is 17.9. The second kappa shape index (κ2) is 13.3. The quantitative estimate of drug-likeness (QED) is 0.299. The summed E-state index contributed by atoms with van der Waals surface area (Å²) in [5.41, 5.74) is 2.78. The lowest BCUT2D eigenvalue weighted by Crippen LogP contribution is -2.28. The van der Waals surface area contributed by atoms with E-state index in [1.165, 1.54) is 18.0 Å². The fourth-order valence-corrected chi connectivity index (χ4v) is 4.24. The van der Waals surface area contributed by atoms with Crippen LogP contribution >= 0.6 is 11.8 Å². The average Bonchev–Trinajstić information content (AvgIpc) is 3.42. The van der Waals surface area contributed by atoms with Crippen LogP contribution in [-0.2, 0) is 13.0 Å². The van der Waals surface area contributed by atoms with Crippen LogP contribution in [0, 0.1) is 11.3 Å². The molecule has 0 saturated carbocycles. The first kappa shape index (κ1) is 27.5. The summed E-state index contributed by atoms with van der Waals surface area (Å²) in [6, 6.07) is 12.6. The molecule has 2 aromatic carbocycles. The van der Waals surface area contributed by atoms with Gasteiger partial charge in [0.15, 0.2) is 17.2 Å². The molecular weight excluding hydrogens is 492 g/mol. The minimum atomic E-state index is -0.784.